The highest BCUT2D eigenvalue weighted by atomic mass is 19.4. The number of aryl methyl sites for hydroxylation is 1. The zero-order chi connectivity index (χ0) is 12.8. The molecule has 0 amide bonds. The van der Waals surface area contributed by atoms with Crippen molar-refractivity contribution in [3.05, 3.63) is 29.6 Å². The van der Waals surface area contributed by atoms with E-state index in [1.54, 1.807) is 13.1 Å². The van der Waals surface area contributed by atoms with Gasteiger partial charge >= 0.3 is 6.18 Å². The lowest BCUT2D eigenvalue weighted by atomic mass is 9.99. The van der Waals surface area contributed by atoms with Crippen molar-refractivity contribution in [1.29, 1.82) is 0 Å². The van der Waals surface area contributed by atoms with Gasteiger partial charge in [-0.25, -0.2) is 4.98 Å². The summed E-state index contributed by atoms with van der Waals surface area (Å²) in [6.45, 7) is 3.73. The van der Waals surface area contributed by atoms with E-state index in [-0.39, 0.29) is 11.4 Å². The first kappa shape index (κ1) is 12.0. The minimum atomic E-state index is -4.35. The molecule has 0 atom stereocenters. The molecule has 5 heteroatoms. The fourth-order valence-electron chi connectivity index (χ4n) is 1.87. The quantitative estimate of drug-likeness (QED) is 0.745. The fraction of sp³-hybridized carbons (Fsp3) is 0.417. The van der Waals surface area contributed by atoms with Crippen molar-refractivity contribution in [2.75, 3.05) is 0 Å². The van der Waals surface area contributed by atoms with E-state index in [1.807, 2.05) is 13.8 Å². The highest BCUT2D eigenvalue weighted by molar-refractivity contribution is 5.80. The molecule has 0 N–H and O–H groups in total. The summed E-state index contributed by atoms with van der Waals surface area (Å²) in [5.41, 5.74) is 0.579. The second-order valence-electron chi connectivity index (χ2n) is 4.44. The van der Waals surface area contributed by atoms with Crippen LogP contribution in [0.25, 0.3) is 11.0 Å². The second-order valence-corrected chi connectivity index (χ2v) is 4.44. The third-order valence-corrected chi connectivity index (χ3v) is 2.81. The Hall–Kier alpha value is -1.52. The predicted molar refractivity (Wildman–Crippen MR) is 59.8 cm³/mol. The van der Waals surface area contributed by atoms with E-state index in [0.29, 0.717) is 11.1 Å². The van der Waals surface area contributed by atoms with Crippen LogP contribution in [0.1, 0.15) is 30.9 Å². The lowest BCUT2D eigenvalue weighted by Gasteiger charge is -2.13. The van der Waals surface area contributed by atoms with Crippen molar-refractivity contribution in [3.8, 4) is 0 Å². The van der Waals surface area contributed by atoms with Crippen LogP contribution < -0.4 is 0 Å². The van der Waals surface area contributed by atoms with E-state index >= 15 is 0 Å². The molecule has 17 heavy (non-hydrogen) atoms. The summed E-state index contributed by atoms with van der Waals surface area (Å²) in [7, 11) is 1.57. The number of nitrogens with zero attached hydrogens (tertiary/aromatic N) is 2. The van der Waals surface area contributed by atoms with Gasteiger partial charge in [-0.2, -0.15) is 13.2 Å². The number of fused-ring (bicyclic) bond motifs is 1. The third-order valence-electron chi connectivity index (χ3n) is 2.81. The Kier molecular flexibility index (Phi) is 2.64. The van der Waals surface area contributed by atoms with Gasteiger partial charge in [-0.15, -0.1) is 0 Å². The predicted octanol–water partition coefficient (Wildman–Crippen LogP) is 3.72. The van der Waals surface area contributed by atoms with Crippen molar-refractivity contribution in [2.45, 2.75) is 25.9 Å². The van der Waals surface area contributed by atoms with Crippen molar-refractivity contribution in [2.24, 2.45) is 7.05 Å². The molecule has 0 aliphatic rings. The fourth-order valence-corrected chi connectivity index (χ4v) is 1.87. The minimum absolute atomic E-state index is 0.0440. The number of hydrogen-bond acceptors (Lipinski definition) is 1. The van der Waals surface area contributed by atoms with E-state index in [1.165, 1.54) is 17.0 Å². The van der Waals surface area contributed by atoms with Gasteiger partial charge in [-0.3, -0.25) is 0 Å². The van der Waals surface area contributed by atoms with E-state index < -0.39 is 11.7 Å². The molecular formula is C12H13F3N2. The van der Waals surface area contributed by atoms with Gasteiger partial charge in [0.05, 0.1) is 22.9 Å². The van der Waals surface area contributed by atoms with Gasteiger partial charge in [-0.05, 0) is 23.6 Å². The number of hydrogen-bond donors (Lipinski definition) is 0. The third kappa shape index (κ3) is 2.01. The molecule has 0 aliphatic carbocycles. The summed E-state index contributed by atoms with van der Waals surface area (Å²) in [6.07, 6.45) is -2.94. The Morgan fingerprint density at radius 2 is 1.88 bits per heavy atom. The van der Waals surface area contributed by atoms with Crippen LogP contribution in [0.4, 0.5) is 13.2 Å². The molecule has 0 radical (unpaired) electrons. The molecule has 0 fully saturated rings. The van der Waals surface area contributed by atoms with Gasteiger partial charge < -0.3 is 4.57 Å². The number of halogens is 3. The van der Waals surface area contributed by atoms with Crippen LogP contribution in [0.2, 0.25) is 0 Å². The van der Waals surface area contributed by atoms with E-state index in [9.17, 15) is 13.2 Å². The molecule has 1 aromatic heterocycles. The van der Waals surface area contributed by atoms with E-state index in [4.69, 9.17) is 0 Å². The molecule has 1 heterocycles. The number of alkyl halides is 3. The molecule has 0 unspecified atom stereocenters. The molecule has 2 nitrogen and oxygen atoms in total. The Bertz CT molecular complexity index is 553. The summed E-state index contributed by atoms with van der Waals surface area (Å²) in [5, 5.41) is 0. The summed E-state index contributed by atoms with van der Waals surface area (Å²) < 4.78 is 40.3. The number of aromatic nitrogens is 2. The topological polar surface area (TPSA) is 17.8 Å². The number of rotatable bonds is 1. The molecule has 0 aliphatic heterocycles. The first-order valence-electron chi connectivity index (χ1n) is 5.33. The Balaban J connectivity index is 2.81. The summed E-state index contributed by atoms with van der Waals surface area (Å²) >= 11 is 0. The maximum atomic E-state index is 13.0. The average Bonchev–Trinajstić information content (AvgIpc) is 2.58. The maximum absolute atomic E-state index is 13.0. The SMILES string of the molecule is CC(C)c1cc(C(F)(F)F)c2c(c1)ncn2C. The van der Waals surface area contributed by atoms with Crippen LogP contribution in [-0.4, -0.2) is 9.55 Å². The van der Waals surface area contributed by atoms with Gasteiger partial charge in [0.1, 0.15) is 0 Å². The zero-order valence-electron chi connectivity index (χ0n) is 9.84. The van der Waals surface area contributed by atoms with Crippen LogP contribution in [0.5, 0.6) is 0 Å². The van der Waals surface area contributed by atoms with Crippen LogP contribution in [0.15, 0.2) is 18.5 Å². The Labute approximate surface area is 97.1 Å². The standard InChI is InChI=1S/C12H13F3N2/c1-7(2)8-4-9(12(13,14)15)11-10(5-8)16-6-17(11)3/h4-7H,1-3H3. The molecule has 0 saturated heterocycles. The largest absolute Gasteiger partial charge is 0.418 e. The molecule has 0 spiro atoms. The molecular weight excluding hydrogens is 229 g/mol. The maximum Gasteiger partial charge on any atom is 0.418 e. The lowest BCUT2D eigenvalue weighted by Crippen LogP contribution is -2.08. The Morgan fingerprint density at radius 3 is 2.41 bits per heavy atom. The monoisotopic (exact) mass is 242 g/mol. The van der Waals surface area contributed by atoms with Gasteiger partial charge in [0.25, 0.3) is 0 Å². The number of benzene rings is 1. The number of imidazole rings is 1. The smallest absolute Gasteiger partial charge is 0.333 e. The molecule has 92 valence electrons. The van der Waals surface area contributed by atoms with Crippen molar-refractivity contribution in [3.63, 3.8) is 0 Å². The average molecular weight is 242 g/mol. The first-order chi connectivity index (χ1) is 7.80. The molecule has 2 rings (SSSR count). The molecule has 0 saturated carbocycles. The van der Waals surface area contributed by atoms with Crippen LogP contribution in [0, 0.1) is 0 Å². The summed E-state index contributed by atoms with van der Waals surface area (Å²) in [6, 6.07) is 2.93. The summed E-state index contributed by atoms with van der Waals surface area (Å²) in [5.74, 6) is 0.0440. The molecule has 2 aromatic rings. The van der Waals surface area contributed by atoms with Crippen molar-refractivity contribution < 1.29 is 13.2 Å². The second kappa shape index (κ2) is 3.75. The normalized spacial score (nSPS) is 12.6. The van der Waals surface area contributed by atoms with Gasteiger partial charge in [0.15, 0.2) is 0 Å². The first-order valence-corrected chi connectivity index (χ1v) is 5.33. The highest BCUT2D eigenvalue weighted by Gasteiger charge is 2.34. The van der Waals surface area contributed by atoms with E-state index in [0.717, 1.165) is 0 Å². The molecule has 0 bridgehead atoms. The highest BCUT2D eigenvalue weighted by Crippen LogP contribution is 2.36. The van der Waals surface area contributed by atoms with Gasteiger partial charge in [0.2, 0.25) is 0 Å². The van der Waals surface area contributed by atoms with Gasteiger partial charge in [0, 0.05) is 7.05 Å². The summed E-state index contributed by atoms with van der Waals surface area (Å²) in [4.78, 5) is 4.00. The van der Waals surface area contributed by atoms with Gasteiger partial charge in [-0.1, -0.05) is 13.8 Å². The van der Waals surface area contributed by atoms with E-state index in [2.05, 4.69) is 4.98 Å². The molecule has 1 aromatic carbocycles. The van der Waals surface area contributed by atoms with Crippen LogP contribution in [-0.2, 0) is 13.2 Å². The Morgan fingerprint density at radius 1 is 1.24 bits per heavy atom. The zero-order valence-corrected chi connectivity index (χ0v) is 9.84. The lowest BCUT2D eigenvalue weighted by molar-refractivity contribution is -0.136. The minimum Gasteiger partial charge on any atom is -0.333 e. The van der Waals surface area contributed by atoms with Crippen molar-refractivity contribution in [1.82, 2.24) is 9.55 Å². The van der Waals surface area contributed by atoms with Crippen molar-refractivity contribution >= 4 is 11.0 Å². The van der Waals surface area contributed by atoms with Crippen LogP contribution >= 0.6 is 0 Å². The van der Waals surface area contributed by atoms with Crippen LogP contribution in [0.3, 0.4) is 0 Å².